The van der Waals surface area contributed by atoms with Gasteiger partial charge in [-0.25, -0.2) is 4.79 Å². The molecule has 1 aromatic heterocycles. The standard InChI is InChI=1S/C29H40N6O3/c1-21-6-11-34(12-7-21)27-17-24(4-5-25(27)18-28(36)26-16-22(19-30)20-32-26)23-8-13-35(14-9-23)38-29(37)31-10-15-33(2)3/h4-5,16-17,20-21,23,32H,6-15,18H2,1-3H3,(H,31,37). The molecule has 0 aliphatic carbocycles. The predicted octanol–water partition coefficient (Wildman–Crippen LogP) is 3.93. The van der Waals surface area contributed by atoms with E-state index >= 15 is 0 Å². The van der Waals surface area contributed by atoms with E-state index in [1.165, 1.54) is 5.56 Å². The van der Waals surface area contributed by atoms with E-state index in [0.29, 0.717) is 49.1 Å². The summed E-state index contributed by atoms with van der Waals surface area (Å²) in [6.45, 7) is 6.98. The quantitative estimate of drug-likeness (QED) is 0.483. The molecule has 0 radical (unpaired) electrons. The fourth-order valence-corrected chi connectivity index (χ4v) is 5.23. The molecule has 2 saturated heterocycles. The number of ketones is 1. The number of hydroxylamine groups is 2. The van der Waals surface area contributed by atoms with Crippen molar-refractivity contribution < 1.29 is 14.4 Å². The molecule has 1 amide bonds. The van der Waals surface area contributed by atoms with Gasteiger partial charge in [-0.1, -0.05) is 19.1 Å². The lowest BCUT2D eigenvalue weighted by Gasteiger charge is -2.35. The van der Waals surface area contributed by atoms with E-state index in [0.717, 1.165) is 56.6 Å². The second kappa shape index (κ2) is 12.9. The monoisotopic (exact) mass is 520 g/mol. The smallest absolute Gasteiger partial charge is 0.371 e. The number of H-pyrrole nitrogens is 1. The van der Waals surface area contributed by atoms with E-state index in [-0.39, 0.29) is 5.78 Å². The van der Waals surface area contributed by atoms with Crippen LogP contribution in [0.3, 0.4) is 0 Å². The number of carbonyl (C=O) groups is 2. The number of hydrogen-bond acceptors (Lipinski definition) is 7. The highest BCUT2D eigenvalue weighted by atomic mass is 16.7. The highest BCUT2D eigenvalue weighted by Crippen LogP contribution is 2.34. The summed E-state index contributed by atoms with van der Waals surface area (Å²) in [5.74, 6) is 1.08. The summed E-state index contributed by atoms with van der Waals surface area (Å²) >= 11 is 0. The van der Waals surface area contributed by atoms with E-state index < -0.39 is 6.09 Å². The number of aromatic nitrogens is 1. The van der Waals surface area contributed by atoms with Crippen LogP contribution in [0.25, 0.3) is 0 Å². The van der Waals surface area contributed by atoms with E-state index in [9.17, 15) is 9.59 Å². The van der Waals surface area contributed by atoms with Crippen molar-refractivity contribution in [3.8, 4) is 6.07 Å². The second-order valence-corrected chi connectivity index (χ2v) is 10.9. The number of benzene rings is 1. The van der Waals surface area contributed by atoms with Gasteiger partial charge in [-0.15, -0.1) is 5.06 Å². The Labute approximate surface area is 225 Å². The highest BCUT2D eigenvalue weighted by Gasteiger charge is 2.26. The second-order valence-electron chi connectivity index (χ2n) is 10.9. The third-order valence-corrected chi connectivity index (χ3v) is 7.66. The summed E-state index contributed by atoms with van der Waals surface area (Å²) in [7, 11) is 3.93. The first kappa shape index (κ1) is 27.7. The molecule has 4 rings (SSSR count). The normalized spacial score (nSPS) is 17.4. The van der Waals surface area contributed by atoms with E-state index in [1.807, 2.05) is 19.0 Å². The molecule has 204 valence electrons. The van der Waals surface area contributed by atoms with Crippen molar-refractivity contribution in [1.82, 2.24) is 20.3 Å². The first-order chi connectivity index (χ1) is 18.3. The minimum Gasteiger partial charge on any atom is -0.371 e. The molecule has 0 unspecified atom stereocenters. The van der Waals surface area contributed by atoms with Crippen LogP contribution in [-0.4, -0.2) is 80.2 Å². The summed E-state index contributed by atoms with van der Waals surface area (Å²) in [5.41, 5.74) is 4.39. The van der Waals surface area contributed by atoms with Gasteiger partial charge >= 0.3 is 6.09 Å². The average molecular weight is 521 g/mol. The first-order valence-corrected chi connectivity index (χ1v) is 13.7. The van der Waals surface area contributed by atoms with Crippen molar-refractivity contribution in [3.05, 3.63) is 52.8 Å². The number of anilines is 1. The number of rotatable bonds is 9. The van der Waals surface area contributed by atoms with Gasteiger partial charge in [0.2, 0.25) is 0 Å². The molecule has 0 spiro atoms. The third kappa shape index (κ3) is 7.36. The summed E-state index contributed by atoms with van der Waals surface area (Å²) in [6.07, 6.45) is 5.57. The van der Waals surface area contributed by atoms with Crippen LogP contribution in [0, 0.1) is 17.2 Å². The van der Waals surface area contributed by atoms with Crippen molar-refractivity contribution in [2.45, 2.75) is 44.9 Å². The molecule has 0 bridgehead atoms. The summed E-state index contributed by atoms with van der Waals surface area (Å²) < 4.78 is 0. The topological polar surface area (TPSA) is 105 Å². The number of nitrogens with zero attached hydrogens (tertiary/aromatic N) is 4. The van der Waals surface area contributed by atoms with Gasteiger partial charge in [-0.2, -0.15) is 5.26 Å². The Morgan fingerprint density at radius 1 is 1.13 bits per heavy atom. The highest BCUT2D eigenvalue weighted by molar-refractivity contribution is 5.97. The minimum absolute atomic E-state index is 0.0137. The molecule has 38 heavy (non-hydrogen) atoms. The maximum Gasteiger partial charge on any atom is 0.426 e. The van der Waals surface area contributed by atoms with Gasteiger partial charge in [-0.3, -0.25) is 4.79 Å². The molecule has 9 heteroatoms. The number of piperidine rings is 2. The van der Waals surface area contributed by atoms with Crippen LogP contribution < -0.4 is 10.2 Å². The number of amides is 1. The van der Waals surface area contributed by atoms with Crippen molar-refractivity contribution in [2.75, 3.05) is 58.3 Å². The van der Waals surface area contributed by atoms with Gasteiger partial charge in [0.25, 0.3) is 0 Å². The minimum atomic E-state index is -0.398. The zero-order valence-corrected chi connectivity index (χ0v) is 22.8. The van der Waals surface area contributed by atoms with Crippen molar-refractivity contribution in [3.63, 3.8) is 0 Å². The van der Waals surface area contributed by atoms with Gasteiger partial charge in [0, 0.05) is 57.6 Å². The van der Waals surface area contributed by atoms with Crippen molar-refractivity contribution in [2.24, 2.45) is 5.92 Å². The maximum absolute atomic E-state index is 13.0. The van der Waals surface area contributed by atoms with Crippen LogP contribution in [-0.2, 0) is 11.3 Å². The number of hydrogen-bond donors (Lipinski definition) is 2. The van der Waals surface area contributed by atoms with Crippen LogP contribution in [0.1, 0.15) is 65.7 Å². The Hall–Kier alpha value is -3.35. The van der Waals surface area contributed by atoms with Crippen LogP contribution in [0.5, 0.6) is 0 Å². The molecule has 2 N–H and O–H groups in total. The fraction of sp³-hybridized carbons (Fsp3) is 0.552. The van der Waals surface area contributed by atoms with E-state index in [2.05, 4.69) is 46.4 Å². The maximum atomic E-state index is 13.0. The molecule has 2 fully saturated rings. The lowest BCUT2D eigenvalue weighted by atomic mass is 9.88. The number of likely N-dealkylation sites (N-methyl/N-ethyl adjacent to an activating group) is 1. The number of aromatic amines is 1. The Morgan fingerprint density at radius 3 is 2.53 bits per heavy atom. The van der Waals surface area contributed by atoms with Gasteiger partial charge in [0.15, 0.2) is 5.78 Å². The largest absolute Gasteiger partial charge is 0.426 e. The Morgan fingerprint density at radius 2 is 1.87 bits per heavy atom. The SMILES string of the molecule is CC1CCN(c2cc(C3CCN(OC(=O)NCCN(C)C)CC3)ccc2CC(=O)c2cc(C#N)c[nH]2)CC1. The van der Waals surface area contributed by atoms with Gasteiger partial charge in [0.1, 0.15) is 6.07 Å². The Balaban J connectivity index is 1.42. The van der Waals surface area contributed by atoms with Crippen LogP contribution in [0.15, 0.2) is 30.5 Å². The van der Waals surface area contributed by atoms with Crippen molar-refractivity contribution in [1.29, 1.82) is 5.26 Å². The lowest BCUT2D eigenvalue weighted by molar-refractivity contribution is -0.113. The number of nitriles is 1. The van der Waals surface area contributed by atoms with Gasteiger partial charge in [-0.05, 0) is 74.9 Å². The molecule has 2 aliphatic rings. The van der Waals surface area contributed by atoms with Crippen LogP contribution in [0.2, 0.25) is 0 Å². The number of carbonyl (C=O) groups excluding carboxylic acids is 2. The first-order valence-electron chi connectivity index (χ1n) is 13.7. The Bertz CT molecular complexity index is 1140. The molecule has 9 nitrogen and oxygen atoms in total. The molecule has 0 saturated carbocycles. The zero-order valence-electron chi connectivity index (χ0n) is 22.8. The molecule has 0 atom stereocenters. The molecule has 3 heterocycles. The summed E-state index contributed by atoms with van der Waals surface area (Å²) in [6, 6.07) is 10.2. The van der Waals surface area contributed by atoms with Gasteiger partial charge in [0.05, 0.1) is 11.3 Å². The van der Waals surface area contributed by atoms with Crippen LogP contribution >= 0.6 is 0 Å². The molecule has 2 aliphatic heterocycles. The summed E-state index contributed by atoms with van der Waals surface area (Å²) in [5, 5.41) is 13.7. The van der Waals surface area contributed by atoms with E-state index in [1.54, 1.807) is 17.3 Å². The van der Waals surface area contributed by atoms with E-state index in [4.69, 9.17) is 10.1 Å². The third-order valence-electron chi connectivity index (χ3n) is 7.66. The summed E-state index contributed by atoms with van der Waals surface area (Å²) in [4.78, 5) is 38.0. The predicted molar refractivity (Wildman–Crippen MR) is 147 cm³/mol. The van der Waals surface area contributed by atoms with Gasteiger partial charge < -0.3 is 24.9 Å². The average Bonchev–Trinajstić information content (AvgIpc) is 3.39. The van der Waals surface area contributed by atoms with Crippen LogP contribution in [0.4, 0.5) is 10.5 Å². The lowest BCUT2D eigenvalue weighted by Crippen LogP contribution is -2.40. The van der Waals surface area contributed by atoms with Crippen molar-refractivity contribution >= 4 is 17.6 Å². The fourth-order valence-electron chi connectivity index (χ4n) is 5.23. The molecule has 2 aromatic rings. The zero-order chi connectivity index (χ0) is 27.1. The molecular formula is C29H40N6O3. The molecular weight excluding hydrogens is 480 g/mol. The number of Topliss-reactive ketones (excluding diaryl/α,β-unsaturated/α-hetero) is 1. The number of nitrogens with one attached hydrogen (secondary N) is 2. The Kier molecular flexibility index (Phi) is 9.43. The molecule has 1 aromatic carbocycles.